The number of likely N-dealkylation sites (tertiary alicyclic amines) is 1. The summed E-state index contributed by atoms with van der Waals surface area (Å²) in [6.45, 7) is 6.69. The summed E-state index contributed by atoms with van der Waals surface area (Å²) in [5.41, 5.74) is 0.625. The molecule has 0 saturated carbocycles. The highest BCUT2D eigenvalue weighted by Gasteiger charge is 2.26. The average molecular weight is 405 g/mol. The number of para-hydroxylation sites is 1. The number of piperidine rings is 1. The van der Waals surface area contributed by atoms with E-state index in [9.17, 15) is 14.4 Å². The second-order valence-electron chi connectivity index (χ2n) is 7.48. The Bertz CT molecular complexity index is 658. The highest BCUT2D eigenvalue weighted by atomic mass is 16.5. The van der Waals surface area contributed by atoms with Crippen molar-refractivity contribution >= 4 is 23.5 Å². The van der Waals surface area contributed by atoms with Crippen molar-refractivity contribution in [1.29, 1.82) is 0 Å². The van der Waals surface area contributed by atoms with Gasteiger partial charge in [-0.05, 0) is 58.3 Å². The smallest absolute Gasteiger partial charge is 0.325 e. The maximum atomic E-state index is 12.2. The molecule has 0 spiro atoms. The zero-order valence-electron chi connectivity index (χ0n) is 17.3. The summed E-state index contributed by atoms with van der Waals surface area (Å²) in [4.78, 5) is 38.1. The van der Waals surface area contributed by atoms with E-state index < -0.39 is 6.03 Å². The van der Waals surface area contributed by atoms with Crippen LogP contribution in [0.25, 0.3) is 0 Å². The Labute approximate surface area is 172 Å². The van der Waals surface area contributed by atoms with Crippen LogP contribution in [0.5, 0.6) is 0 Å². The van der Waals surface area contributed by atoms with Crippen LogP contribution >= 0.6 is 0 Å². The van der Waals surface area contributed by atoms with Gasteiger partial charge in [-0.3, -0.25) is 19.8 Å². The van der Waals surface area contributed by atoms with Crippen LogP contribution in [-0.2, 0) is 14.3 Å². The number of anilines is 1. The van der Waals surface area contributed by atoms with Gasteiger partial charge < -0.3 is 15.4 Å². The number of rotatable bonds is 9. The van der Waals surface area contributed by atoms with Gasteiger partial charge in [-0.15, -0.1) is 0 Å². The predicted molar refractivity (Wildman–Crippen MR) is 111 cm³/mol. The normalized spacial score (nSPS) is 15.1. The first-order chi connectivity index (χ1) is 13.9. The zero-order chi connectivity index (χ0) is 21.1. The maximum Gasteiger partial charge on any atom is 0.325 e. The lowest BCUT2D eigenvalue weighted by atomic mass is 9.96. The Hall–Kier alpha value is -2.45. The number of nitrogens with one attached hydrogen (secondary N) is 3. The molecule has 160 valence electrons. The molecule has 2 rings (SSSR count). The van der Waals surface area contributed by atoms with Crippen molar-refractivity contribution in [3.63, 3.8) is 0 Å². The quantitative estimate of drug-likeness (QED) is 0.547. The predicted octanol–water partition coefficient (Wildman–Crippen LogP) is 1.98. The van der Waals surface area contributed by atoms with Crippen molar-refractivity contribution < 1.29 is 19.1 Å². The summed E-state index contributed by atoms with van der Waals surface area (Å²) in [5, 5.41) is 7.91. The molecule has 0 atom stereocenters. The summed E-state index contributed by atoms with van der Waals surface area (Å²) in [5.74, 6) is -0.311. The van der Waals surface area contributed by atoms with Crippen molar-refractivity contribution in [2.24, 2.45) is 5.92 Å². The van der Waals surface area contributed by atoms with Crippen molar-refractivity contribution in [1.82, 2.24) is 15.5 Å². The van der Waals surface area contributed by atoms with E-state index in [1.54, 1.807) is 24.3 Å². The molecule has 1 saturated heterocycles. The van der Waals surface area contributed by atoms with Crippen molar-refractivity contribution in [3.05, 3.63) is 30.3 Å². The Morgan fingerprint density at radius 2 is 1.83 bits per heavy atom. The number of nitrogens with zero attached hydrogens (tertiary/aromatic N) is 1. The molecule has 1 aromatic carbocycles. The van der Waals surface area contributed by atoms with E-state index >= 15 is 0 Å². The summed E-state index contributed by atoms with van der Waals surface area (Å²) >= 11 is 0. The lowest BCUT2D eigenvalue weighted by Gasteiger charge is -2.30. The molecule has 8 nitrogen and oxygen atoms in total. The molecule has 0 radical (unpaired) electrons. The molecule has 1 aliphatic rings. The van der Waals surface area contributed by atoms with E-state index in [4.69, 9.17) is 4.74 Å². The van der Waals surface area contributed by atoms with E-state index in [2.05, 4.69) is 16.0 Å². The second kappa shape index (κ2) is 12.2. The van der Waals surface area contributed by atoms with Crippen LogP contribution in [0.4, 0.5) is 10.5 Å². The van der Waals surface area contributed by atoms with Crippen LogP contribution < -0.4 is 16.0 Å². The van der Waals surface area contributed by atoms with Gasteiger partial charge in [0.25, 0.3) is 0 Å². The number of imide groups is 1. The largest absolute Gasteiger partial charge is 0.379 e. The molecule has 0 aliphatic carbocycles. The second-order valence-corrected chi connectivity index (χ2v) is 7.48. The number of amides is 4. The fourth-order valence-corrected chi connectivity index (χ4v) is 3.15. The van der Waals surface area contributed by atoms with Crippen LogP contribution in [0, 0.1) is 5.92 Å². The third-order valence-electron chi connectivity index (χ3n) is 4.68. The number of urea groups is 1. The fraction of sp³-hybridized carbons (Fsp3) is 0.571. The van der Waals surface area contributed by atoms with Gasteiger partial charge >= 0.3 is 6.03 Å². The molecule has 1 aliphatic heterocycles. The monoisotopic (exact) mass is 404 g/mol. The Morgan fingerprint density at radius 1 is 1.14 bits per heavy atom. The number of hydrogen-bond acceptors (Lipinski definition) is 5. The van der Waals surface area contributed by atoms with Crippen LogP contribution in [0.1, 0.15) is 33.1 Å². The van der Waals surface area contributed by atoms with E-state index in [0.29, 0.717) is 44.8 Å². The van der Waals surface area contributed by atoms with Crippen LogP contribution in [0.3, 0.4) is 0 Å². The zero-order valence-corrected chi connectivity index (χ0v) is 17.3. The summed E-state index contributed by atoms with van der Waals surface area (Å²) < 4.78 is 5.46. The molecule has 1 heterocycles. The third-order valence-corrected chi connectivity index (χ3v) is 4.68. The average Bonchev–Trinajstić information content (AvgIpc) is 2.68. The molecular formula is C21H32N4O4. The van der Waals surface area contributed by atoms with Crippen LogP contribution in [0.15, 0.2) is 30.3 Å². The molecule has 29 heavy (non-hydrogen) atoms. The molecule has 1 aromatic rings. The van der Waals surface area contributed by atoms with Gasteiger partial charge in [-0.1, -0.05) is 18.2 Å². The van der Waals surface area contributed by atoms with Gasteiger partial charge in [0.1, 0.15) is 0 Å². The lowest BCUT2D eigenvalue weighted by Crippen LogP contribution is -2.46. The maximum absolute atomic E-state index is 12.2. The highest BCUT2D eigenvalue weighted by molar-refractivity contribution is 6.01. The van der Waals surface area contributed by atoms with Gasteiger partial charge in [0.15, 0.2) is 0 Å². The number of benzene rings is 1. The van der Waals surface area contributed by atoms with Gasteiger partial charge in [0.05, 0.1) is 12.6 Å². The minimum atomic E-state index is -0.545. The minimum Gasteiger partial charge on any atom is -0.379 e. The number of carbonyl (C=O) groups is 3. The summed E-state index contributed by atoms with van der Waals surface area (Å²) in [6.07, 6.45) is 2.42. The number of ether oxygens (including phenoxy) is 1. The fourth-order valence-electron chi connectivity index (χ4n) is 3.15. The van der Waals surface area contributed by atoms with Crippen molar-refractivity contribution in [2.75, 3.05) is 38.1 Å². The lowest BCUT2D eigenvalue weighted by molar-refractivity contribution is -0.126. The standard InChI is InChI=1S/C21H32N4O4/c1-16(2)29-14-6-11-22-20(27)17-9-12-25(13-10-17)15-19(26)24-21(28)23-18-7-4-3-5-8-18/h3-5,7-8,16-17H,6,9-15H2,1-2H3,(H,22,27)(H2,23,24,26,28). The SMILES string of the molecule is CC(C)OCCCNC(=O)C1CCN(CC(=O)NC(=O)Nc2ccccc2)CC1. The summed E-state index contributed by atoms with van der Waals surface area (Å²) in [7, 11) is 0. The first-order valence-electron chi connectivity index (χ1n) is 10.2. The topological polar surface area (TPSA) is 99.8 Å². The Morgan fingerprint density at radius 3 is 2.48 bits per heavy atom. The number of carbonyl (C=O) groups excluding carboxylic acids is 3. The van der Waals surface area contributed by atoms with Crippen LogP contribution in [0.2, 0.25) is 0 Å². The van der Waals surface area contributed by atoms with E-state index in [0.717, 1.165) is 6.42 Å². The molecule has 0 aromatic heterocycles. The molecule has 8 heteroatoms. The van der Waals surface area contributed by atoms with Crippen molar-refractivity contribution in [3.8, 4) is 0 Å². The summed E-state index contributed by atoms with van der Waals surface area (Å²) in [6, 6.07) is 8.40. The van der Waals surface area contributed by atoms with E-state index in [1.807, 2.05) is 24.8 Å². The van der Waals surface area contributed by atoms with E-state index in [1.165, 1.54) is 0 Å². The molecule has 0 unspecified atom stereocenters. The highest BCUT2D eigenvalue weighted by Crippen LogP contribution is 2.17. The van der Waals surface area contributed by atoms with Crippen LogP contribution in [-0.4, -0.2) is 61.6 Å². The molecular weight excluding hydrogens is 372 g/mol. The van der Waals surface area contributed by atoms with Gasteiger partial charge in [0, 0.05) is 24.8 Å². The van der Waals surface area contributed by atoms with Gasteiger partial charge in [-0.25, -0.2) is 4.79 Å². The molecule has 0 bridgehead atoms. The van der Waals surface area contributed by atoms with Gasteiger partial charge in [0.2, 0.25) is 11.8 Å². The molecule has 3 N–H and O–H groups in total. The molecule has 1 fully saturated rings. The van der Waals surface area contributed by atoms with Gasteiger partial charge in [-0.2, -0.15) is 0 Å². The Kier molecular flexibility index (Phi) is 9.59. The first-order valence-corrected chi connectivity index (χ1v) is 10.2. The first kappa shape index (κ1) is 22.8. The molecule has 4 amide bonds. The number of hydrogen-bond donors (Lipinski definition) is 3. The third kappa shape index (κ3) is 9.06. The van der Waals surface area contributed by atoms with E-state index in [-0.39, 0.29) is 30.4 Å². The van der Waals surface area contributed by atoms with Crippen molar-refractivity contribution in [2.45, 2.75) is 39.2 Å². The minimum absolute atomic E-state index is 0.0262. The Balaban J connectivity index is 1.60.